The number of carbonyl (C=O) groups excluding carboxylic acids is 1. The third-order valence-electron chi connectivity index (χ3n) is 14.5. The normalized spacial score (nSPS) is 31.5. The van der Waals surface area contributed by atoms with E-state index in [0.717, 1.165) is 73.6 Å². The first-order valence-corrected chi connectivity index (χ1v) is 24.1. The van der Waals surface area contributed by atoms with Gasteiger partial charge < -0.3 is 16.4 Å². The topological polar surface area (TPSA) is 72.3 Å². The molecule has 4 rings (SSSR count). The molecule has 6 heteroatoms. The summed E-state index contributed by atoms with van der Waals surface area (Å²) in [4.78, 5) is 15.5. The molecule has 3 saturated carbocycles. The SMILES string of the molecule is CC(C)CCCC(C)[C@H]1CC[C@H]2[C@@H]3CC=C4C[C@@H](SSCCC(=O)N(CCCCCCCC(C)(C)N)CCC(C)(C)N)CC[C@]4(C)[C@H]3CC[C@]12C. The maximum absolute atomic E-state index is 13.4. The van der Waals surface area contributed by atoms with Crippen LogP contribution in [0, 0.1) is 46.3 Å². The lowest BCUT2D eigenvalue weighted by Crippen LogP contribution is -2.50. The minimum Gasteiger partial charge on any atom is -0.343 e. The zero-order chi connectivity index (χ0) is 37.5. The second kappa shape index (κ2) is 19.1. The Labute approximate surface area is 324 Å². The van der Waals surface area contributed by atoms with Crippen molar-refractivity contribution in [1.29, 1.82) is 0 Å². The van der Waals surface area contributed by atoms with Crippen molar-refractivity contribution in [2.75, 3.05) is 18.8 Å². The minimum absolute atomic E-state index is 0.0637. The zero-order valence-corrected chi connectivity index (χ0v) is 36.6. The molecule has 0 aromatic rings. The van der Waals surface area contributed by atoms with Gasteiger partial charge in [-0.1, -0.05) is 113 Å². The molecule has 296 valence electrons. The Morgan fingerprint density at radius 2 is 1.57 bits per heavy atom. The van der Waals surface area contributed by atoms with E-state index in [4.69, 9.17) is 11.5 Å². The first kappa shape index (κ1) is 43.6. The summed E-state index contributed by atoms with van der Waals surface area (Å²) in [6.07, 6.45) is 26.7. The highest BCUT2D eigenvalue weighted by atomic mass is 33.1. The molecule has 1 unspecified atom stereocenters. The maximum atomic E-state index is 13.4. The average Bonchev–Trinajstić information content (AvgIpc) is 3.40. The van der Waals surface area contributed by atoms with Gasteiger partial charge in [0.1, 0.15) is 0 Å². The summed E-state index contributed by atoms with van der Waals surface area (Å²) in [5.41, 5.74) is 15.0. The number of nitrogens with two attached hydrogens (primary N) is 2. The highest BCUT2D eigenvalue weighted by Gasteiger charge is 2.59. The quantitative estimate of drug-likeness (QED) is 0.0695. The Kier molecular flexibility index (Phi) is 16.3. The van der Waals surface area contributed by atoms with E-state index < -0.39 is 0 Å². The average molecular weight is 746 g/mol. The van der Waals surface area contributed by atoms with E-state index in [2.05, 4.69) is 84.1 Å². The van der Waals surface area contributed by atoms with Crippen molar-refractivity contribution in [1.82, 2.24) is 4.90 Å². The Hall–Kier alpha value is -0.170. The van der Waals surface area contributed by atoms with Crippen LogP contribution >= 0.6 is 21.6 Å². The molecule has 0 saturated heterocycles. The number of unbranched alkanes of at least 4 members (excludes halogenated alkanes) is 4. The fraction of sp³-hybridized carbons (Fsp3) is 0.933. The second-order valence-corrected chi connectivity index (χ2v) is 23.2. The van der Waals surface area contributed by atoms with Gasteiger partial charge in [0.15, 0.2) is 0 Å². The number of carbonyl (C=O) groups is 1. The molecular formula is C45H83N3OS2. The van der Waals surface area contributed by atoms with Gasteiger partial charge in [0.25, 0.3) is 0 Å². The molecular weight excluding hydrogens is 663 g/mol. The largest absolute Gasteiger partial charge is 0.343 e. The highest BCUT2D eigenvalue weighted by Crippen LogP contribution is 2.67. The van der Waals surface area contributed by atoms with E-state index in [0.29, 0.717) is 28.4 Å². The molecule has 0 aromatic heterocycles. The van der Waals surface area contributed by atoms with E-state index in [-0.39, 0.29) is 11.1 Å². The molecule has 0 bridgehead atoms. The number of hydrogen-bond donors (Lipinski definition) is 2. The van der Waals surface area contributed by atoms with Gasteiger partial charge in [0.2, 0.25) is 5.91 Å². The van der Waals surface area contributed by atoms with Crippen LogP contribution in [0.1, 0.15) is 184 Å². The van der Waals surface area contributed by atoms with Crippen LogP contribution in [0.15, 0.2) is 11.6 Å². The summed E-state index contributed by atoms with van der Waals surface area (Å²) in [7, 11) is 4.04. The van der Waals surface area contributed by atoms with Gasteiger partial charge in [0.05, 0.1) is 0 Å². The monoisotopic (exact) mass is 746 g/mol. The van der Waals surface area contributed by atoms with Gasteiger partial charge >= 0.3 is 0 Å². The number of allylic oxidation sites excluding steroid dienone is 2. The summed E-state index contributed by atoms with van der Waals surface area (Å²) in [5.74, 6) is 6.63. The summed E-state index contributed by atoms with van der Waals surface area (Å²) < 4.78 is 0. The first-order chi connectivity index (χ1) is 23.9. The Balaban J connectivity index is 1.22. The van der Waals surface area contributed by atoms with E-state index >= 15 is 0 Å². The summed E-state index contributed by atoms with van der Waals surface area (Å²) >= 11 is 0. The number of hydrogen-bond acceptors (Lipinski definition) is 5. The van der Waals surface area contributed by atoms with Crippen molar-refractivity contribution < 1.29 is 4.79 Å². The van der Waals surface area contributed by atoms with Crippen LogP contribution in [0.4, 0.5) is 0 Å². The predicted molar refractivity (Wildman–Crippen MR) is 227 cm³/mol. The smallest absolute Gasteiger partial charge is 0.223 e. The minimum atomic E-state index is -0.246. The molecule has 0 aromatic carbocycles. The van der Waals surface area contributed by atoms with E-state index in [1.807, 2.05) is 10.8 Å². The number of fused-ring (bicyclic) bond motifs is 5. The van der Waals surface area contributed by atoms with E-state index in [1.54, 1.807) is 5.57 Å². The highest BCUT2D eigenvalue weighted by molar-refractivity contribution is 8.76. The summed E-state index contributed by atoms with van der Waals surface area (Å²) in [6.45, 7) is 22.8. The Morgan fingerprint density at radius 1 is 0.863 bits per heavy atom. The van der Waals surface area contributed by atoms with Gasteiger partial charge in [-0.3, -0.25) is 4.79 Å². The standard InChI is InChI=1S/C45H83N3OS2/c1-33(2)16-15-17-34(3)38-20-21-39-37-19-18-35-32-36(22-26-44(35,8)40(37)23-27-45(38,39)9)51-50-31-24-41(49)48(30-28-43(6,7)47)29-14-12-10-11-13-25-42(4,5)46/h18,33-34,36-40H,10-17,19-32,46-47H2,1-9H3/t34?,36-,37-,38+,39-,40-,44-,45+/m0/s1. The Morgan fingerprint density at radius 3 is 2.27 bits per heavy atom. The van der Waals surface area contributed by atoms with Crippen molar-refractivity contribution in [3.8, 4) is 0 Å². The second-order valence-electron chi connectivity index (χ2n) is 20.4. The molecule has 0 aliphatic heterocycles. The molecule has 0 spiro atoms. The molecule has 4 aliphatic carbocycles. The van der Waals surface area contributed by atoms with Gasteiger partial charge in [-0.15, -0.1) is 0 Å². The van der Waals surface area contributed by atoms with Crippen molar-refractivity contribution in [3.63, 3.8) is 0 Å². The van der Waals surface area contributed by atoms with E-state index in [1.165, 1.54) is 96.3 Å². The lowest BCUT2D eigenvalue weighted by molar-refractivity contribution is -0.131. The molecule has 51 heavy (non-hydrogen) atoms. The predicted octanol–water partition coefficient (Wildman–Crippen LogP) is 12.2. The Bertz CT molecular complexity index is 1110. The fourth-order valence-electron chi connectivity index (χ4n) is 11.4. The number of nitrogens with zero attached hydrogens (tertiary/aromatic N) is 1. The van der Waals surface area contributed by atoms with Crippen molar-refractivity contribution in [2.24, 2.45) is 57.8 Å². The van der Waals surface area contributed by atoms with E-state index in [9.17, 15) is 4.79 Å². The van der Waals surface area contributed by atoms with Crippen LogP contribution in [0.25, 0.3) is 0 Å². The van der Waals surface area contributed by atoms with Crippen molar-refractivity contribution >= 4 is 27.5 Å². The van der Waals surface area contributed by atoms with Gasteiger partial charge in [-0.25, -0.2) is 0 Å². The molecule has 8 atom stereocenters. The number of amides is 1. The molecule has 0 heterocycles. The van der Waals surface area contributed by atoms with Crippen LogP contribution in [-0.2, 0) is 4.79 Å². The summed E-state index contributed by atoms with van der Waals surface area (Å²) in [5, 5.41) is 0.691. The van der Waals surface area contributed by atoms with Crippen LogP contribution in [0.2, 0.25) is 0 Å². The molecule has 4 aliphatic rings. The first-order valence-electron chi connectivity index (χ1n) is 21.8. The molecule has 4 N–H and O–H groups in total. The maximum Gasteiger partial charge on any atom is 0.223 e. The third kappa shape index (κ3) is 12.4. The third-order valence-corrected chi connectivity index (χ3v) is 17.4. The summed E-state index contributed by atoms with van der Waals surface area (Å²) in [6, 6.07) is 0. The molecule has 3 fully saturated rings. The van der Waals surface area contributed by atoms with Crippen molar-refractivity contribution in [2.45, 2.75) is 201 Å². The van der Waals surface area contributed by atoms with Crippen LogP contribution in [0.3, 0.4) is 0 Å². The van der Waals surface area contributed by atoms with Gasteiger partial charge in [-0.2, -0.15) is 0 Å². The fourth-order valence-corrected chi connectivity index (χ4v) is 14.0. The lowest BCUT2D eigenvalue weighted by atomic mass is 9.47. The zero-order valence-electron chi connectivity index (χ0n) is 35.0. The molecule has 4 nitrogen and oxygen atoms in total. The molecule has 0 radical (unpaired) electrons. The van der Waals surface area contributed by atoms with Crippen LogP contribution < -0.4 is 11.5 Å². The lowest BCUT2D eigenvalue weighted by Gasteiger charge is -2.58. The molecule has 1 amide bonds. The number of rotatable bonds is 21. The van der Waals surface area contributed by atoms with Crippen LogP contribution in [-0.4, -0.2) is 46.0 Å². The van der Waals surface area contributed by atoms with Crippen molar-refractivity contribution in [3.05, 3.63) is 11.6 Å². The van der Waals surface area contributed by atoms with Gasteiger partial charge in [-0.05, 0) is 145 Å². The van der Waals surface area contributed by atoms with Crippen LogP contribution in [0.5, 0.6) is 0 Å². The van der Waals surface area contributed by atoms with Gasteiger partial charge in [0, 0.05) is 41.6 Å².